The van der Waals surface area contributed by atoms with Gasteiger partial charge in [0.25, 0.3) is 0 Å². The first kappa shape index (κ1) is 20.0. The summed E-state index contributed by atoms with van der Waals surface area (Å²) in [6, 6.07) is 4.42. The normalized spacial score (nSPS) is 25.5. The van der Waals surface area contributed by atoms with Gasteiger partial charge in [-0.3, -0.25) is 19.4 Å². The quantitative estimate of drug-likeness (QED) is 0.707. The first-order chi connectivity index (χ1) is 14.2. The zero-order valence-corrected chi connectivity index (χ0v) is 17.2. The van der Waals surface area contributed by atoms with Crippen molar-refractivity contribution in [2.45, 2.75) is 44.8 Å². The van der Waals surface area contributed by atoms with E-state index >= 15 is 0 Å². The van der Waals surface area contributed by atoms with Crippen LogP contribution in [0.2, 0.25) is 0 Å². The third-order valence-corrected chi connectivity index (χ3v) is 6.54. The third-order valence-electron chi connectivity index (χ3n) is 6.54. The predicted molar refractivity (Wildman–Crippen MR) is 110 cm³/mol. The average Bonchev–Trinajstić information content (AvgIpc) is 3.26. The second-order valence-electron chi connectivity index (χ2n) is 8.37. The van der Waals surface area contributed by atoms with Crippen molar-refractivity contribution in [3.8, 4) is 0 Å². The van der Waals surface area contributed by atoms with E-state index in [1.807, 2.05) is 18.6 Å². The number of nitrogens with one attached hydrogen (secondary N) is 1. The summed E-state index contributed by atoms with van der Waals surface area (Å²) in [5.41, 5.74) is 1.01. The molecule has 2 aliphatic heterocycles. The Kier molecular flexibility index (Phi) is 6.20. The van der Waals surface area contributed by atoms with Crippen molar-refractivity contribution in [2.75, 3.05) is 33.2 Å². The van der Waals surface area contributed by atoms with Crippen LogP contribution in [-0.4, -0.2) is 75.0 Å². The van der Waals surface area contributed by atoms with Gasteiger partial charge in [0.2, 0.25) is 5.91 Å². The number of nitrogens with zero attached hydrogens (tertiary/aromatic N) is 6. The minimum absolute atomic E-state index is 0.233. The van der Waals surface area contributed by atoms with Crippen molar-refractivity contribution in [3.05, 3.63) is 42.5 Å². The number of hydrogen-bond acceptors (Lipinski definition) is 6. The van der Waals surface area contributed by atoms with E-state index in [0.29, 0.717) is 6.54 Å². The van der Waals surface area contributed by atoms with Crippen LogP contribution in [0.15, 0.2) is 36.9 Å². The van der Waals surface area contributed by atoms with Gasteiger partial charge >= 0.3 is 0 Å². The molecule has 0 bridgehead atoms. The van der Waals surface area contributed by atoms with Crippen LogP contribution >= 0.6 is 0 Å². The molecule has 1 amide bonds. The number of fused-ring (bicyclic) bond motifs is 1. The van der Waals surface area contributed by atoms with Gasteiger partial charge in [-0.15, -0.1) is 5.10 Å². The molecule has 0 aromatic carbocycles. The lowest BCUT2D eigenvalue weighted by Crippen LogP contribution is -2.64. The molecule has 2 aromatic rings. The maximum atomic E-state index is 13.3. The maximum Gasteiger partial charge on any atom is 0.227 e. The Bertz CT molecular complexity index is 782. The third kappa shape index (κ3) is 4.48. The van der Waals surface area contributed by atoms with E-state index in [4.69, 9.17) is 0 Å². The fraction of sp³-hybridized carbons (Fsp3) is 0.619. The summed E-state index contributed by atoms with van der Waals surface area (Å²) in [6.45, 7) is 5.33. The maximum absolute atomic E-state index is 13.3. The average molecular weight is 398 g/mol. The number of carbonyl (C=O) groups is 1. The molecule has 0 saturated carbocycles. The number of rotatable bonds is 7. The highest BCUT2D eigenvalue weighted by Crippen LogP contribution is 2.42. The molecule has 2 aromatic heterocycles. The highest BCUT2D eigenvalue weighted by atomic mass is 16.2. The van der Waals surface area contributed by atoms with Crippen molar-refractivity contribution in [2.24, 2.45) is 5.41 Å². The Balaban J connectivity index is 1.37. The number of amides is 1. The van der Waals surface area contributed by atoms with Crippen molar-refractivity contribution in [3.63, 3.8) is 0 Å². The van der Waals surface area contributed by atoms with Gasteiger partial charge in [-0.2, -0.15) is 0 Å². The molecule has 2 atom stereocenters. The largest absolute Gasteiger partial charge is 0.355 e. The molecule has 4 heterocycles. The molecule has 156 valence electrons. The summed E-state index contributed by atoms with van der Waals surface area (Å²) in [7, 11) is 2.17. The van der Waals surface area contributed by atoms with Gasteiger partial charge in [0.1, 0.15) is 0 Å². The zero-order valence-electron chi connectivity index (χ0n) is 17.2. The summed E-state index contributed by atoms with van der Waals surface area (Å²) >= 11 is 0. The second kappa shape index (κ2) is 9.00. The first-order valence-corrected chi connectivity index (χ1v) is 10.6. The molecule has 0 radical (unpaired) electrons. The van der Waals surface area contributed by atoms with Gasteiger partial charge in [-0.05, 0) is 63.5 Å². The number of likely N-dealkylation sites (N-methyl/N-ethyl adjacent to an activating group) is 1. The first-order valence-electron chi connectivity index (χ1n) is 10.6. The number of aromatic nitrogens is 4. The number of pyridine rings is 1. The number of aryl methyl sites for hydroxylation is 1. The number of likely N-dealkylation sites (tertiary alicyclic amines) is 2. The van der Waals surface area contributed by atoms with E-state index in [9.17, 15) is 4.79 Å². The smallest absolute Gasteiger partial charge is 0.227 e. The van der Waals surface area contributed by atoms with Crippen LogP contribution < -0.4 is 5.32 Å². The topological polar surface area (TPSA) is 79.2 Å². The Labute approximate surface area is 172 Å². The van der Waals surface area contributed by atoms with Gasteiger partial charge in [0.05, 0.1) is 11.6 Å². The van der Waals surface area contributed by atoms with E-state index < -0.39 is 0 Å². The van der Waals surface area contributed by atoms with Gasteiger partial charge < -0.3 is 10.2 Å². The molecule has 8 heteroatoms. The zero-order chi connectivity index (χ0) is 20.1. The van der Waals surface area contributed by atoms with Crippen LogP contribution in [0.3, 0.4) is 0 Å². The van der Waals surface area contributed by atoms with Gasteiger partial charge in [0.15, 0.2) is 0 Å². The van der Waals surface area contributed by atoms with Crippen molar-refractivity contribution in [1.29, 1.82) is 0 Å². The number of carbonyl (C=O) groups excluding carboxylic acids is 1. The van der Waals surface area contributed by atoms with Crippen LogP contribution in [0.25, 0.3) is 0 Å². The fourth-order valence-electron chi connectivity index (χ4n) is 4.93. The molecular formula is C21H31N7O. The summed E-state index contributed by atoms with van der Waals surface area (Å²) in [5, 5.41) is 11.0. The monoisotopic (exact) mass is 397 g/mol. The minimum Gasteiger partial charge on any atom is -0.355 e. The second-order valence-corrected chi connectivity index (χ2v) is 8.37. The standard InChI is InChI=1S/C21H31N7O/c1-26-12-2-6-21(20(29)23-8-3-13-28-15-11-24-25-28)7-14-27(17-19(21)26)16-18-4-9-22-10-5-18/h4-5,9-11,15,19H,2-3,6-8,12-14,16-17H2,1H3,(H,23,29)/t19-,21+/m0/s1. The van der Waals surface area contributed by atoms with E-state index in [1.54, 1.807) is 10.9 Å². The van der Waals surface area contributed by atoms with E-state index in [2.05, 4.69) is 49.6 Å². The van der Waals surface area contributed by atoms with Gasteiger partial charge in [-0.1, -0.05) is 5.21 Å². The predicted octanol–water partition coefficient (Wildman–Crippen LogP) is 1.17. The lowest BCUT2D eigenvalue weighted by Gasteiger charge is -2.53. The molecule has 0 unspecified atom stereocenters. The summed E-state index contributed by atoms with van der Waals surface area (Å²) in [5.74, 6) is 0.233. The lowest BCUT2D eigenvalue weighted by molar-refractivity contribution is -0.144. The molecule has 4 rings (SSSR count). The molecular weight excluding hydrogens is 366 g/mol. The van der Waals surface area contributed by atoms with E-state index in [1.165, 1.54) is 5.56 Å². The Morgan fingerprint density at radius 3 is 2.90 bits per heavy atom. The van der Waals surface area contributed by atoms with Crippen molar-refractivity contribution < 1.29 is 4.79 Å². The Morgan fingerprint density at radius 2 is 2.10 bits per heavy atom. The lowest BCUT2D eigenvalue weighted by atomic mass is 9.67. The highest BCUT2D eigenvalue weighted by Gasteiger charge is 2.51. The molecule has 0 spiro atoms. The van der Waals surface area contributed by atoms with Gasteiger partial charge in [0, 0.05) is 50.8 Å². The van der Waals surface area contributed by atoms with Crippen LogP contribution in [0.1, 0.15) is 31.2 Å². The molecule has 1 N–H and O–H groups in total. The van der Waals surface area contributed by atoms with Crippen LogP contribution in [0, 0.1) is 5.41 Å². The van der Waals surface area contributed by atoms with Crippen LogP contribution in [0.4, 0.5) is 0 Å². The SMILES string of the molecule is CN1CCC[C@@]2(C(=O)NCCCn3ccnn3)CCN(Cc3ccncc3)C[C@H]12. The summed E-state index contributed by atoms with van der Waals surface area (Å²) in [4.78, 5) is 22.3. The molecule has 2 fully saturated rings. The van der Waals surface area contributed by atoms with Gasteiger partial charge in [-0.25, -0.2) is 0 Å². The van der Waals surface area contributed by atoms with Crippen molar-refractivity contribution >= 4 is 5.91 Å². The van der Waals surface area contributed by atoms with Crippen LogP contribution in [0.5, 0.6) is 0 Å². The minimum atomic E-state index is -0.269. The number of hydrogen-bond donors (Lipinski definition) is 1. The van der Waals surface area contributed by atoms with E-state index in [-0.39, 0.29) is 17.4 Å². The van der Waals surface area contributed by atoms with E-state index in [0.717, 1.165) is 58.4 Å². The fourth-order valence-corrected chi connectivity index (χ4v) is 4.93. The summed E-state index contributed by atoms with van der Waals surface area (Å²) in [6.07, 6.45) is 11.1. The Hall–Kier alpha value is -2.32. The van der Waals surface area contributed by atoms with Crippen molar-refractivity contribution in [1.82, 2.24) is 35.1 Å². The van der Waals surface area contributed by atoms with Crippen LogP contribution in [-0.2, 0) is 17.9 Å². The summed E-state index contributed by atoms with van der Waals surface area (Å²) < 4.78 is 1.80. The molecule has 2 saturated heterocycles. The number of piperidine rings is 2. The highest BCUT2D eigenvalue weighted by molar-refractivity contribution is 5.83. The molecule has 29 heavy (non-hydrogen) atoms. The molecule has 8 nitrogen and oxygen atoms in total. The molecule has 2 aliphatic rings. The Morgan fingerprint density at radius 1 is 1.24 bits per heavy atom. The molecule has 0 aliphatic carbocycles.